The Balaban J connectivity index is 1.63. The van der Waals surface area contributed by atoms with Crippen molar-refractivity contribution in [3.05, 3.63) is 100 Å². The van der Waals surface area contributed by atoms with E-state index in [1.807, 2.05) is 18.2 Å². The Hall–Kier alpha value is -4.39. The van der Waals surface area contributed by atoms with Crippen molar-refractivity contribution in [2.24, 2.45) is 0 Å². The molecule has 3 aromatic rings. The quantitative estimate of drug-likeness (QED) is 0.219. The number of ketones is 1. The Kier molecular flexibility index (Phi) is 7.01. The zero-order chi connectivity index (χ0) is 26.8. The minimum absolute atomic E-state index is 0.0256. The molecule has 5 rings (SSSR count). The van der Waals surface area contributed by atoms with Gasteiger partial charge in [-0.1, -0.05) is 36.4 Å². The van der Waals surface area contributed by atoms with E-state index < -0.39 is 17.7 Å². The molecular weight excluding hydrogens is 482 g/mol. The van der Waals surface area contributed by atoms with Gasteiger partial charge >= 0.3 is 5.97 Å². The van der Waals surface area contributed by atoms with Crippen molar-refractivity contribution in [2.75, 3.05) is 19.1 Å². The van der Waals surface area contributed by atoms with E-state index in [-0.39, 0.29) is 23.7 Å². The summed E-state index contributed by atoms with van der Waals surface area (Å²) in [6.07, 6.45) is 4.22. The molecule has 0 aromatic heterocycles. The smallest absolute Gasteiger partial charge is 0.309 e. The monoisotopic (exact) mass is 511 g/mol. The zero-order valence-electron chi connectivity index (χ0n) is 21.4. The second-order valence-corrected chi connectivity index (χ2v) is 9.56. The van der Waals surface area contributed by atoms with Gasteiger partial charge in [-0.3, -0.25) is 19.3 Å². The maximum absolute atomic E-state index is 13.5. The Morgan fingerprint density at radius 1 is 0.947 bits per heavy atom. The minimum atomic E-state index is -0.868. The lowest BCUT2D eigenvalue weighted by Gasteiger charge is -2.26. The van der Waals surface area contributed by atoms with Crippen molar-refractivity contribution in [3.8, 4) is 5.75 Å². The number of carbonyl (C=O) groups is 3. The van der Waals surface area contributed by atoms with Crippen molar-refractivity contribution >= 4 is 29.1 Å². The van der Waals surface area contributed by atoms with Crippen LogP contribution in [0.5, 0.6) is 5.75 Å². The average molecular weight is 512 g/mol. The summed E-state index contributed by atoms with van der Waals surface area (Å²) in [5.41, 5.74) is 4.77. The highest BCUT2D eigenvalue weighted by molar-refractivity contribution is 6.51. The molecule has 0 radical (unpaired) electrons. The summed E-state index contributed by atoms with van der Waals surface area (Å²) in [5, 5.41) is 11.5. The second kappa shape index (κ2) is 10.5. The molecule has 7 nitrogen and oxygen atoms in total. The molecule has 0 saturated carbocycles. The van der Waals surface area contributed by atoms with Crippen molar-refractivity contribution in [1.29, 1.82) is 0 Å². The average Bonchev–Trinajstić information content (AvgIpc) is 3.22. The maximum atomic E-state index is 13.5. The van der Waals surface area contributed by atoms with Gasteiger partial charge in [-0.25, -0.2) is 0 Å². The first-order valence-electron chi connectivity index (χ1n) is 12.6. The van der Waals surface area contributed by atoms with Crippen LogP contribution in [0, 0.1) is 0 Å². The Morgan fingerprint density at radius 2 is 1.68 bits per heavy atom. The van der Waals surface area contributed by atoms with Gasteiger partial charge in [0.25, 0.3) is 11.7 Å². The van der Waals surface area contributed by atoms with E-state index in [1.165, 1.54) is 17.6 Å². The summed E-state index contributed by atoms with van der Waals surface area (Å²) in [7, 11) is 2.87. The molecule has 1 unspecified atom stereocenters. The van der Waals surface area contributed by atoms with Gasteiger partial charge in [-0.2, -0.15) is 0 Å². The van der Waals surface area contributed by atoms with E-state index in [0.717, 1.165) is 31.2 Å². The second-order valence-electron chi connectivity index (χ2n) is 9.56. The lowest BCUT2D eigenvalue weighted by Crippen LogP contribution is -2.29. The number of Topliss-reactive ketones (excluding diaryl/α,β-unsaturated/α-hetero) is 1. The van der Waals surface area contributed by atoms with Gasteiger partial charge in [0.2, 0.25) is 0 Å². The third-order valence-electron chi connectivity index (χ3n) is 7.27. The van der Waals surface area contributed by atoms with Crippen LogP contribution in [-0.4, -0.2) is 37.0 Å². The van der Waals surface area contributed by atoms with Crippen molar-refractivity contribution in [2.45, 2.75) is 38.1 Å². The molecule has 38 heavy (non-hydrogen) atoms. The van der Waals surface area contributed by atoms with Crippen LogP contribution in [0.15, 0.2) is 72.3 Å². The fourth-order valence-electron chi connectivity index (χ4n) is 5.28. The highest BCUT2D eigenvalue weighted by Gasteiger charge is 2.47. The summed E-state index contributed by atoms with van der Waals surface area (Å²) in [4.78, 5) is 40.0. The number of carbonyl (C=O) groups excluding carboxylic acids is 3. The normalized spacial score (nSPS) is 18.3. The number of hydrogen-bond acceptors (Lipinski definition) is 6. The number of fused-ring (bicyclic) bond motifs is 1. The van der Waals surface area contributed by atoms with Crippen LogP contribution in [-0.2, 0) is 38.4 Å². The number of aliphatic hydroxyl groups excluding tert-OH is 1. The first-order chi connectivity index (χ1) is 18.4. The molecule has 1 N–H and O–H groups in total. The number of methoxy groups -OCH3 is 2. The third kappa shape index (κ3) is 4.67. The minimum Gasteiger partial charge on any atom is -0.507 e. The molecule has 1 saturated heterocycles. The van der Waals surface area contributed by atoms with Gasteiger partial charge < -0.3 is 14.6 Å². The summed E-state index contributed by atoms with van der Waals surface area (Å²) >= 11 is 0. The Labute approximate surface area is 221 Å². The number of ether oxygens (including phenoxy) is 2. The lowest BCUT2D eigenvalue weighted by atomic mass is 9.88. The SMILES string of the molecule is COC(=O)Cc1ccc(N2C(=O)C(=O)/C(=C(\O)c3ccc4c(c3)CCCC4)C2c2cccc(OC)c2)cc1. The number of rotatable bonds is 6. The predicted molar refractivity (Wildman–Crippen MR) is 143 cm³/mol. The summed E-state index contributed by atoms with van der Waals surface area (Å²) in [6, 6.07) is 18.8. The molecule has 1 amide bonds. The zero-order valence-corrected chi connectivity index (χ0v) is 21.4. The van der Waals surface area contributed by atoms with Gasteiger partial charge in [-0.05, 0) is 78.3 Å². The Bertz CT molecular complexity index is 1440. The molecule has 3 aromatic carbocycles. The van der Waals surface area contributed by atoms with E-state index in [9.17, 15) is 19.5 Å². The largest absolute Gasteiger partial charge is 0.507 e. The first-order valence-corrected chi connectivity index (χ1v) is 12.6. The number of anilines is 1. The molecule has 2 aliphatic rings. The van der Waals surface area contributed by atoms with Gasteiger partial charge in [0.15, 0.2) is 0 Å². The van der Waals surface area contributed by atoms with Crippen LogP contribution in [0.4, 0.5) is 5.69 Å². The van der Waals surface area contributed by atoms with Gasteiger partial charge in [0.05, 0.1) is 32.3 Å². The number of benzene rings is 3. The molecule has 0 spiro atoms. The van der Waals surface area contributed by atoms with E-state index in [0.29, 0.717) is 28.1 Å². The fraction of sp³-hybridized carbons (Fsp3) is 0.258. The predicted octanol–water partition coefficient (Wildman–Crippen LogP) is 4.92. The molecule has 194 valence electrons. The number of hydrogen-bond donors (Lipinski definition) is 1. The van der Waals surface area contributed by atoms with Crippen LogP contribution in [0.1, 0.15) is 46.7 Å². The molecule has 0 bridgehead atoms. The van der Waals surface area contributed by atoms with Crippen molar-refractivity contribution in [3.63, 3.8) is 0 Å². The number of amides is 1. The van der Waals surface area contributed by atoms with Gasteiger partial charge in [0.1, 0.15) is 11.5 Å². The molecule has 1 fully saturated rings. The number of aliphatic hydroxyl groups is 1. The number of nitrogens with zero attached hydrogens (tertiary/aromatic N) is 1. The topological polar surface area (TPSA) is 93.1 Å². The Morgan fingerprint density at radius 3 is 2.39 bits per heavy atom. The highest BCUT2D eigenvalue weighted by Crippen LogP contribution is 2.43. The molecule has 1 aliphatic carbocycles. The summed E-state index contributed by atoms with van der Waals surface area (Å²) < 4.78 is 10.1. The van der Waals surface area contributed by atoms with Gasteiger partial charge in [-0.15, -0.1) is 0 Å². The van der Waals surface area contributed by atoms with Crippen LogP contribution in [0.25, 0.3) is 5.76 Å². The van der Waals surface area contributed by atoms with E-state index >= 15 is 0 Å². The van der Waals surface area contributed by atoms with Crippen LogP contribution >= 0.6 is 0 Å². The van der Waals surface area contributed by atoms with Crippen molar-refractivity contribution in [1.82, 2.24) is 0 Å². The number of aryl methyl sites for hydroxylation is 2. The van der Waals surface area contributed by atoms with E-state index in [2.05, 4.69) is 0 Å². The lowest BCUT2D eigenvalue weighted by molar-refractivity contribution is -0.139. The highest BCUT2D eigenvalue weighted by atomic mass is 16.5. The maximum Gasteiger partial charge on any atom is 0.309 e. The van der Waals surface area contributed by atoms with E-state index in [4.69, 9.17) is 9.47 Å². The summed E-state index contributed by atoms with van der Waals surface area (Å²) in [5.74, 6) is -1.51. The fourth-order valence-corrected chi connectivity index (χ4v) is 5.28. The molecule has 1 atom stereocenters. The molecule has 1 aliphatic heterocycles. The third-order valence-corrected chi connectivity index (χ3v) is 7.27. The van der Waals surface area contributed by atoms with E-state index in [1.54, 1.807) is 55.6 Å². The van der Waals surface area contributed by atoms with Gasteiger partial charge in [0, 0.05) is 11.3 Å². The molecule has 1 heterocycles. The molecular formula is C31H29NO6. The van der Waals surface area contributed by atoms with Crippen molar-refractivity contribution < 1.29 is 29.0 Å². The molecule has 7 heteroatoms. The first kappa shape index (κ1) is 25.3. The van der Waals surface area contributed by atoms with Crippen LogP contribution in [0.3, 0.4) is 0 Å². The summed E-state index contributed by atoms with van der Waals surface area (Å²) in [6.45, 7) is 0. The van der Waals surface area contributed by atoms with Crippen LogP contribution in [0.2, 0.25) is 0 Å². The standard InChI is InChI=1S/C31H29NO6/c1-37-25-9-5-8-22(18-25)28-27(29(34)23-13-12-20-6-3-4-7-21(20)17-23)30(35)31(36)32(28)24-14-10-19(11-15-24)16-26(33)38-2/h5,8-15,17-18,28,34H,3-4,6-7,16H2,1-2H3/b29-27-. The number of esters is 1. The van der Waals surface area contributed by atoms with Crippen LogP contribution < -0.4 is 9.64 Å².